The number of halogens is 5. The van der Waals surface area contributed by atoms with Gasteiger partial charge in [0.1, 0.15) is 12.2 Å². The highest BCUT2D eigenvalue weighted by atomic mass is 127. The van der Waals surface area contributed by atoms with Gasteiger partial charge in [0.05, 0.1) is 27.0 Å². The third kappa shape index (κ3) is 6.19. The van der Waals surface area contributed by atoms with Gasteiger partial charge in [0.25, 0.3) is 11.8 Å². The lowest BCUT2D eigenvalue weighted by molar-refractivity contribution is -0.137. The van der Waals surface area contributed by atoms with Crippen molar-refractivity contribution in [2.24, 2.45) is 0 Å². The van der Waals surface area contributed by atoms with E-state index in [9.17, 15) is 27.6 Å². The van der Waals surface area contributed by atoms with E-state index in [2.05, 4.69) is 0 Å². The average molecular weight is 671 g/mol. The number of amides is 4. The Bertz CT molecular complexity index is 1510. The number of benzene rings is 3. The molecule has 0 aliphatic carbocycles. The Morgan fingerprint density at radius 3 is 2.38 bits per heavy atom. The number of barbiturate groups is 1. The van der Waals surface area contributed by atoms with Gasteiger partial charge in [-0.3, -0.25) is 14.9 Å². The lowest BCUT2D eigenvalue weighted by atomic mass is 10.1. The van der Waals surface area contributed by atoms with Gasteiger partial charge in [-0.05, 0) is 77.0 Å². The van der Waals surface area contributed by atoms with Crippen LogP contribution in [0, 0.1) is 10.5 Å². The molecule has 202 valence electrons. The number of nitrogens with zero attached hydrogens (tertiary/aromatic N) is 1. The zero-order valence-corrected chi connectivity index (χ0v) is 23.3. The van der Waals surface area contributed by atoms with Crippen molar-refractivity contribution in [3.05, 3.63) is 91.0 Å². The minimum Gasteiger partial charge on any atom is -0.493 e. The van der Waals surface area contributed by atoms with Crippen molar-refractivity contribution in [2.75, 3.05) is 12.0 Å². The van der Waals surface area contributed by atoms with Crippen LogP contribution >= 0.6 is 34.2 Å². The normalized spacial score (nSPS) is 15.0. The second-order valence-electron chi connectivity index (χ2n) is 8.43. The largest absolute Gasteiger partial charge is 0.493 e. The van der Waals surface area contributed by atoms with Gasteiger partial charge in [-0.1, -0.05) is 41.4 Å². The summed E-state index contributed by atoms with van der Waals surface area (Å²) in [6, 6.07) is 11.9. The third-order valence-electron chi connectivity index (χ3n) is 5.68. The van der Waals surface area contributed by atoms with Crippen LogP contribution in [0.15, 0.2) is 60.2 Å². The van der Waals surface area contributed by atoms with Crippen molar-refractivity contribution >= 4 is 63.8 Å². The zero-order chi connectivity index (χ0) is 28.5. The molecule has 39 heavy (non-hydrogen) atoms. The van der Waals surface area contributed by atoms with Gasteiger partial charge in [-0.25, -0.2) is 9.69 Å². The number of aryl methyl sites for hydroxylation is 1. The Hall–Kier alpha value is -3.58. The van der Waals surface area contributed by atoms with E-state index in [1.54, 1.807) is 6.07 Å². The molecular formula is C27H19ClF3IN2O5. The molecule has 0 saturated carbocycles. The molecule has 1 heterocycles. The van der Waals surface area contributed by atoms with Crippen LogP contribution in [0.2, 0.25) is 5.02 Å². The summed E-state index contributed by atoms with van der Waals surface area (Å²) in [5.41, 5.74) is 0.272. The van der Waals surface area contributed by atoms with Gasteiger partial charge in [0.2, 0.25) is 0 Å². The number of carbonyl (C=O) groups excluding carboxylic acids is 3. The predicted octanol–water partition coefficient (Wildman–Crippen LogP) is 6.53. The number of carbonyl (C=O) groups is 3. The van der Waals surface area contributed by atoms with Crippen LogP contribution in [0.5, 0.6) is 11.5 Å². The number of hydrogen-bond donors (Lipinski definition) is 1. The minimum atomic E-state index is -4.75. The summed E-state index contributed by atoms with van der Waals surface area (Å²) < 4.78 is 51.8. The van der Waals surface area contributed by atoms with E-state index < -0.39 is 40.8 Å². The van der Waals surface area contributed by atoms with Crippen molar-refractivity contribution in [2.45, 2.75) is 19.7 Å². The number of alkyl halides is 3. The van der Waals surface area contributed by atoms with Gasteiger partial charge < -0.3 is 9.47 Å². The van der Waals surface area contributed by atoms with Crippen LogP contribution in [0.25, 0.3) is 6.08 Å². The molecule has 1 aliphatic rings. The maximum absolute atomic E-state index is 13.3. The van der Waals surface area contributed by atoms with Crippen molar-refractivity contribution < 1.29 is 37.0 Å². The highest BCUT2D eigenvalue weighted by Gasteiger charge is 2.39. The van der Waals surface area contributed by atoms with Gasteiger partial charge in [0, 0.05) is 0 Å². The first-order valence-electron chi connectivity index (χ1n) is 11.2. The van der Waals surface area contributed by atoms with Gasteiger partial charge in [-0.2, -0.15) is 13.2 Å². The Labute approximate surface area is 239 Å². The number of imide groups is 2. The lowest BCUT2D eigenvalue weighted by Crippen LogP contribution is -2.54. The molecule has 4 rings (SSSR count). The summed E-state index contributed by atoms with van der Waals surface area (Å²) in [6.07, 6.45) is -3.55. The number of ether oxygens (including phenoxy) is 2. The maximum atomic E-state index is 13.3. The highest BCUT2D eigenvalue weighted by Crippen LogP contribution is 2.38. The fourth-order valence-electron chi connectivity index (χ4n) is 3.71. The quantitative estimate of drug-likeness (QED) is 0.183. The molecule has 0 unspecified atom stereocenters. The highest BCUT2D eigenvalue weighted by molar-refractivity contribution is 14.1. The van der Waals surface area contributed by atoms with Crippen LogP contribution in [0.4, 0.5) is 23.7 Å². The number of methoxy groups -OCH3 is 1. The van der Waals surface area contributed by atoms with E-state index in [1.165, 1.54) is 19.3 Å². The molecule has 12 heteroatoms. The topological polar surface area (TPSA) is 84.9 Å². The maximum Gasteiger partial charge on any atom is 0.416 e. The van der Waals surface area contributed by atoms with Crippen LogP contribution < -0.4 is 19.7 Å². The predicted molar refractivity (Wildman–Crippen MR) is 147 cm³/mol. The second-order valence-corrected chi connectivity index (χ2v) is 10.00. The van der Waals surface area contributed by atoms with Crippen molar-refractivity contribution in [1.82, 2.24) is 5.32 Å². The second kappa shape index (κ2) is 11.3. The summed E-state index contributed by atoms with van der Waals surface area (Å²) >= 11 is 8.05. The number of hydrogen-bond acceptors (Lipinski definition) is 5. The molecule has 1 aliphatic heterocycles. The first-order valence-corrected chi connectivity index (χ1v) is 12.7. The Balaban J connectivity index is 1.67. The molecule has 7 nitrogen and oxygen atoms in total. The molecule has 1 saturated heterocycles. The molecule has 3 aromatic carbocycles. The Kier molecular flexibility index (Phi) is 8.21. The lowest BCUT2D eigenvalue weighted by Gasteiger charge is -2.27. The van der Waals surface area contributed by atoms with Gasteiger partial charge in [0.15, 0.2) is 11.5 Å². The zero-order valence-electron chi connectivity index (χ0n) is 20.4. The summed E-state index contributed by atoms with van der Waals surface area (Å²) in [5, 5.41) is 1.69. The number of nitrogens with one attached hydrogen (secondary N) is 1. The van der Waals surface area contributed by atoms with Crippen molar-refractivity contribution in [3.8, 4) is 11.5 Å². The van der Waals surface area contributed by atoms with Crippen molar-refractivity contribution in [3.63, 3.8) is 0 Å². The number of rotatable bonds is 6. The van der Waals surface area contributed by atoms with E-state index in [1.807, 2.05) is 59.1 Å². The SMILES string of the molecule is COc1cc(/C=C2\C(=O)NC(=O)N(c3cc(C(F)(F)F)ccc3Cl)C2=O)cc(I)c1OCc1ccc(C)cc1. The molecule has 1 N–H and O–H groups in total. The molecule has 1 fully saturated rings. The molecule has 0 spiro atoms. The average Bonchev–Trinajstić information content (AvgIpc) is 2.87. The molecule has 0 aromatic heterocycles. The Morgan fingerprint density at radius 1 is 1.05 bits per heavy atom. The molecule has 0 atom stereocenters. The fourth-order valence-corrected chi connectivity index (χ4v) is 4.69. The third-order valence-corrected chi connectivity index (χ3v) is 6.80. The first-order chi connectivity index (χ1) is 18.4. The van der Waals surface area contributed by atoms with Gasteiger partial charge in [-0.15, -0.1) is 0 Å². The number of anilines is 1. The molecule has 3 aromatic rings. The summed E-state index contributed by atoms with van der Waals surface area (Å²) in [5.74, 6) is -1.40. The molecular weight excluding hydrogens is 652 g/mol. The first kappa shape index (κ1) is 28.4. The van der Waals surface area contributed by atoms with E-state index in [0.717, 1.165) is 23.3 Å². The van der Waals surface area contributed by atoms with E-state index in [-0.39, 0.29) is 11.6 Å². The van der Waals surface area contributed by atoms with Crippen LogP contribution in [-0.4, -0.2) is 25.0 Å². The minimum absolute atomic E-state index is 0.267. The van der Waals surface area contributed by atoms with Crippen LogP contribution in [0.1, 0.15) is 22.3 Å². The summed E-state index contributed by atoms with van der Waals surface area (Å²) in [7, 11) is 1.43. The van der Waals surface area contributed by atoms with Crippen molar-refractivity contribution in [1.29, 1.82) is 0 Å². The van der Waals surface area contributed by atoms with E-state index >= 15 is 0 Å². The Morgan fingerprint density at radius 2 is 1.74 bits per heavy atom. The van der Waals surface area contributed by atoms with Crippen LogP contribution in [-0.2, 0) is 22.4 Å². The summed E-state index contributed by atoms with van der Waals surface area (Å²) in [4.78, 5) is 38.7. The standard InChI is InChI=1S/C27H19ClF3IN2O5/c1-14-3-5-15(6-4-14)13-39-23-20(32)10-16(11-22(23)38-2)9-18-24(35)33-26(37)34(25(18)36)21-12-17(27(29,30)31)7-8-19(21)28/h3-12H,13H2,1-2H3,(H,33,35,37)/b18-9+. The smallest absolute Gasteiger partial charge is 0.416 e. The fraction of sp³-hybridized carbons (Fsp3) is 0.148. The number of urea groups is 1. The molecule has 4 amide bonds. The van der Waals surface area contributed by atoms with Crippen LogP contribution in [0.3, 0.4) is 0 Å². The monoisotopic (exact) mass is 670 g/mol. The molecule has 0 radical (unpaired) electrons. The molecule has 0 bridgehead atoms. The van der Waals surface area contributed by atoms with E-state index in [4.69, 9.17) is 21.1 Å². The van der Waals surface area contributed by atoms with Gasteiger partial charge >= 0.3 is 12.2 Å². The van der Waals surface area contributed by atoms with E-state index in [0.29, 0.717) is 31.6 Å². The summed E-state index contributed by atoms with van der Waals surface area (Å²) in [6.45, 7) is 2.24.